The highest BCUT2D eigenvalue weighted by molar-refractivity contribution is 6.30. The van der Waals surface area contributed by atoms with Gasteiger partial charge in [-0.15, -0.1) is 0 Å². The number of benzene rings is 1. The smallest absolute Gasteiger partial charge is 0.420 e. The number of carbonyl (C=O) groups excluding carboxylic acids is 1. The number of rotatable bonds is 5. The molecule has 9 heteroatoms. The highest BCUT2D eigenvalue weighted by atomic mass is 35.5. The summed E-state index contributed by atoms with van der Waals surface area (Å²) in [5, 5.41) is 3.46. The normalized spacial score (nSPS) is 19.5. The van der Waals surface area contributed by atoms with Crippen LogP contribution in [-0.4, -0.2) is 32.6 Å². The standard InChI is InChI=1S/C19H19ClN4O4/c20-12-9-21-18(22-10-12)27-14-7-5-13(6-8-14)23-17(25)11-24-15-3-1-2-4-16(15)28-19(24)26/h1-4,9-10,13-14H,5-8,11H2,(H,23,25). The second-order valence-corrected chi connectivity index (χ2v) is 7.20. The molecule has 0 saturated heterocycles. The molecular weight excluding hydrogens is 384 g/mol. The minimum Gasteiger partial charge on any atom is -0.460 e. The van der Waals surface area contributed by atoms with Crippen LogP contribution < -0.4 is 15.8 Å². The molecule has 1 amide bonds. The van der Waals surface area contributed by atoms with Crippen molar-refractivity contribution >= 4 is 28.6 Å². The lowest BCUT2D eigenvalue weighted by molar-refractivity contribution is -0.122. The van der Waals surface area contributed by atoms with Gasteiger partial charge in [0.05, 0.1) is 22.9 Å². The summed E-state index contributed by atoms with van der Waals surface area (Å²) in [4.78, 5) is 32.5. The van der Waals surface area contributed by atoms with Gasteiger partial charge in [0.1, 0.15) is 12.6 Å². The molecule has 1 saturated carbocycles. The third-order valence-corrected chi connectivity index (χ3v) is 4.98. The van der Waals surface area contributed by atoms with Gasteiger partial charge < -0.3 is 14.5 Å². The number of nitrogens with one attached hydrogen (secondary N) is 1. The van der Waals surface area contributed by atoms with E-state index in [1.165, 1.54) is 17.0 Å². The van der Waals surface area contributed by atoms with E-state index in [2.05, 4.69) is 15.3 Å². The molecule has 8 nitrogen and oxygen atoms in total. The summed E-state index contributed by atoms with van der Waals surface area (Å²) in [7, 11) is 0. The maximum Gasteiger partial charge on any atom is 0.420 e. The van der Waals surface area contributed by atoms with Crippen LogP contribution in [0.4, 0.5) is 0 Å². The lowest BCUT2D eigenvalue weighted by atomic mass is 9.93. The number of ether oxygens (including phenoxy) is 1. The van der Waals surface area contributed by atoms with Crippen LogP contribution in [0.3, 0.4) is 0 Å². The number of fused-ring (bicyclic) bond motifs is 1. The molecule has 28 heavy (non-hydrogen) atoms. The van der Waals surface area contributed by atoms with E-state index in [9.17, 15) is 9.59 Å². The van der Waals surface area contributed by atoms with Crippen LogP contribution >= 0.6 is 11.6 Å². The minimum absolute atomic E-state index is 0.00904. The predicted octanol–water partition coefficient (Wildman–Crippen LogP) is 2.54. The van der Waals surface area contributed by atoms with E-state index in [1.54, 1.807) is 24.3 Å². The average Bonchev–Trinajstić information content (AvgIpc) is 3.00. The average molecular weight is 403 g/mol. The van der Waals surface area contributed by atoms with Gasteiger partial charge in [-0.2, -0.15) is 0 Å². The summed E-state index contributed by atoms with van der Waals surface area (Å²) < 4.78 is 12.3. The number of hydrogen-bond donors (Lipinski definition) is 1. The van der Waals surface area contributed by atoms with Crippen LogP contribution in [-0.2, 0) is 11.3 Å². The Morgan fingerprint density at radius 1 is 1.21 bits per heavy atom. The van der Waals surface area contributed by atoms with Crippen molar-refractivity contribution < 1.29 is 13.9 Å². The Labute approximate surface area is 165 Å². The molecule has 0 aliphatic heterocycles. The van der Waals surface area contributed by atoms with Gasteiger partial charge in [0.25, 0.3) is 0 Å². The lowest BCUT2D eigenvalue weighted by Gasteiger charge is -2.28. The van der Waals surface area contributed by atoms with Gasteiger partial charge in [-0.05, 0) is 37.8 Å². The first-order valence-electron chi connectivity index (χ1n) is 9.10. The maximum atomic E-state index is 12.4. The van der Waals surface area contributed by atoms with Crippen LogP contribution in [0, 0.1) is 0 Å². The van der Waals surface area contributed by atoms with Crippen molar-refractivity contribution in [3.8, 4) is 6.01 Å². The van der Waals surface area contributed by atoms with Gasteiger partial charge >= 0.3 is 11.8 Å². The van der Waals surface area contributed by atoms with Gasteiger partial charge in [-0.3, -0.25) is 9.36 Å². The molecule has 2 heterocycles. The number of nitrogens with zero attached hydrogens (tertiary/aromatic N) is 3. The maximum absolute atomic E-state index is 12.4. The molecule has 4 rings (SSSR count). The third kappa shape index (κ3) is 4.17. The minimum atomic E-state index is -0.531. The van der Waals surface area contributed by atoms with Gasteiger partial charge in [-0.1, -0.05) is 23.7 Å². The van der Waals surface area contributed by atoms with Crippen LogP contribution in [0.2, 0.25) is 5.02 Å². The van der Waals surface area contributed by atoms with E-state index in [0.717, 1.165) is 25.7 Å². The van der Waals surface area contributed by atoms with Crippen molar-refractivity contribution in [2.24, 2.45) is 0 Å². The Morgan fingerprint density at radius 3 is 2.68 bits per heavy atom. The summed E-state index contributed by atoms with van der Waals surface area (Å²) >= 11 is 5.77. The van der Waals surface area contributed by atoms with Crippen molar-refractivity contribution in [1.82, 2.24) is 19.9 Å². The Balaban J connectivity index is 1.29. The Kier molecular flexibility index (Phi) is 5.29. The van der Waals surface area contributed by atoms with Crippen molar-refractivity contribution in [2.75, 3.05) is 0 Å². The molecule has 1 aliphatic carbocycles. The molecule has 1 aliphatic rings. The Bertz CT molecular complexity index is 1020. The first kappa shape index (κ1) is 18.5. The van der Waals surface area contributed by atoms with Crippen molar-refractivity contribution in [3.63, 3.8) is 0 Å². The number of carbonyl (C=O) groups is 1. The number of hydrogen-bond acceptors (Lipinski definition) is 6. The Hall–Kier alpha value is -2.87. The fourth-order valence-corrected chi connectivity index (χ4v) is 3.51. The summed E-state index contributed by atoms with van der Waals surface area (Å²) in [5.41, 5.74) is 1.09. The zero-order valence-electron chi connectivity index (χ0n) is 15.0. The largest absolute Gasteiger partial charge is 0.460 e. The van der Waals surface area contributed by atoms with E-state index in [-0.39, 0.29) is 24.6 Å². The summed E-state index contributed by atoms with van der Waals surface area (Å²) in [6, 6.07) is 7.41. The molecule has 0 bridgehead atoms. The summed E-state index contributed by atoms with van der Waals surface area (Å²) in [6.07, 6.45) is 6.14. The highest BCUT2D eigenvalue weighted by Gasteiger charge is 2.24. The first-order valence-corrected chi connectivity index (χ1v) is 9.48. The van der Waals surface area contributed by atoms with Crippen LogP contribution in [0.5, 0.6) is 6.01 Å². The van der Waals surface area contributed by atoms with E-state index < -0.39 is 5.76 Å². The number of para-hydroxylation sites is 2. The van der Waals surface area contributed by atoms with E-state index in [4.69, 9.17) is 20.8 Å². The first-order chi connectivity index (χ1) is 13.6. The number of oxazole rings is 1. The zero-order valence-corrected chi connectivity index (χ0v) is 15.8. The monoisotopic (exact) mass is 402 g/mol. The molecule has 1 aromatic carbocycles. The fraction of sp³-hybridized carbons (Fsp3) is 0.368. The Morgan fingerprint density at radius 2 is 1.93 bits per heavy atom. The molecule has 0 unspecified atom stereocenters. The molecular formula is C19H19ClN4O4. The van der Waals surface area contributed by atoms with Crippen molar-refractivity contribution in [2.45, 2.75) is 44.4 Å². The van der Waals surface area contributed by atoms with Crippen LogP contribution in [0.15, 0.2) is 45.9 Å². The van der Waals surface area contributed by atoms with Crippen LogP contribution in [0.25, 0.3) is 11.1 Å². The van der Waals surface area contributed by atoms with Gasteiger partial charge in [-0.25, -0.2) is 14.8 Å². The second kappa shape index (κ2) is 8.02. The fourth-order valence-electron chi connectivity index (χ4n) is 3.42. The molecule has 1 fully saturated rings. The van der Waals surface area contributed by atoms with Crippen LogP contribution in [0.1, 0.15) is 25.7 Å². The third-order valence-electron chi connectivity index (χ3n) is 4.78. The van der Waals surface area contributed by atoms with E-state index in [0.29, 0.717) is 22.1 Å². The second-order valence-electron chi connectivity index (χ2n) is 6.76. The molecule has 1 N–H and O–H groups in total. The highest BCUT2D eigenvalue weighted by Crippen LogP contribution is 2.22. The molecule has 0 radical (unpaired) electrons. The molecule has 2 aromatic heterocycles. The number of amides is 1. The quantitative estimate of drug-likeness (QED) is 0.704. The summed E-state index contributed by atoms with van der Waals surface area (Å²) in [6.45, 7) is -0.0646. The number of aromatic nitrogens is 3. The van der Waals surface area contributed by atoms with Gasteiger partial charge in [0.15, 0.2) is 5.58 Å². The topological polar surface area (TPSA) is 99.2 Å². The van der Waals surface area contributed by atoms with Gasteiger partial charge in [0, 0.05) is 6.04 Å². The van der Waals surface area contributed by atoms with Crippen molar-refractivity contribution in [1.29, 1.82) is 0 Å². The molecule has 0 spiro atoms. The van der Waals surface area contributed by atoms with E-state index in [1.807, 2.05) is 0 Å². The predicted molar refractivity (Wildman–Crippen MR) is 102 cm³/mol. The summed E-state index contributed by atoms with van der Waals surface area (Å²) in [5.74, 6) is -0.740. The zero-order chi connectivity index (χ0) is 19.5. The molecule has 146 valence electrons. The molecule has 3 aromatic rings. The SMILES string of the molecule is O=C(Cn1c(=O)oc2ccccc21)NC1CCC(Oc2ncc(Cl)cn2)CC1. The number of halogens is 1. The lowest BCUT2D eigenvalue weighted by Crippen LogP contribution is -2.41. The van der Waals surface area contributed by atoms with E-state index >= 15 is 0 Å². The van der Waals surface area contributed by atoms with Crippen molar-refractivity contribution in [3.05, 3.63) is 52.2 Å². The molecule has 0 atom stereocenters. The van der Waals surface area contributed by atoms with Gasteiger partial charge in [0.2, 0.25) is 5.91 Å².